The number of rotatable bonds is 13. The van der Waals surface area contributed by atoms with E-state index in [1.165, 1.54) is 16.8 Å². The molecule has 0 aliphatic rings. The van der Waals surface area contributed by atoms with Gasteiger partial charge in [0.15, 0.2) is 11.6 Å². The van der Waals surface area contributed by atoms with Gasteiger partial charge in [0, 0.05) is 16.8 Å². The van der Waals surface area contributed by atoms with Crippen LogP contribution in [-0.2, 0) is 35.7 Å². The average Bonchev–Trinajstić information content (AvgIpc) is 3.83. The van der Waals surface area contributed by atoms with Crippen LogP contribution >= 0.6 is 11.3 Å². The summed E-state index contributed by atoms with van der Waals surface area (Å²) in [5.41, 5.74) is 12.7. The quantitative estimate of drug-likeness (QED) is 0.0463. The highest BCUT2D eigenvalue weighted by molar-refractivity contribution is 7.93. The molecule has 0 radical (unpaired) electrons. The number of sulfonamides is 1. The van der Waals surface area contributed by atoms with E-state index in [9.17, 15) is 44.4 Å². The van der Waals surface area contributed by atoms with Crippen LogP contribution in [0, 0.1) is 59.8 Å². The summed E-state index contributed by atoms with van der Waals surface area (Å²) in [6.45, 7) is 18.9. The van der Waals surface area contributed by atoms with Crippen molar-refractivity contribution in [2.75, 3.05) is 15.4 Å². The first-order valence-corrected chi connectivity index (χ1v) is 26.2. The first-order chi connectivity index (χ1) is 32.5. The largest absolute Gasteiger partial charge is 0.365 e. The number of nitrogens with two attached hydrogens (primary N) is 1. The number of benzene rings is 4. The van der Waals surface area contributed by atoms with Crippen LogP contribution in [0.3, 0.4) is 0 Å². The molecule has 7 N–H and O–H groups in total. The molecule has 0 aliphatic heterocycles. The Bertz CT molecular complexity index is 3730. The number of aromatic nitrogens is 4. The number of primary amides is 1. The van der Waals surface area contributed by atoms with Gasteiger partial charge in [0.2, 0.25) is 5.13 Å². The Morgan fingerprint density at radius 2 is 1.31 bits per heavy atom. The third-order valence-electron chi connectivity index (χ3n) is 11.0. The number of nitriles is 1. The minimum atomic E-state index is -5.09. The van der Waals surface area contributed by atoms with E-state index in [-0.39, 0.29) is 49.6 Å². The maximum absolute atomic E-state index is 13.7. The lowest BCUT2D eigenvalue weighted by Gasteiger charge is -2.20. The first-order valence-electron chi connectivity index (χ1n) is 21.0. The minimum Gasteiger partial charge on any atom is -0.365 e. The van der Waals surface area contributed by atoms with E-state index in [1.807, 2.05) is 91.3 Å². The maximum Gasteiger partial charge on any atom is 0.296 e. The van der Waals surface area contributed by atoms with E-state index in [4.69, 9.17) is 20.9 Å². The molecule has 0 fully saturated rings. The van der Waals surface area contributed by atoms with Gasteiger partial charge in [0.25, 0.3) is 36.2 Å². The van der Waals surface area contributed by atoms with Crippen LogP contribution in [0.4, 0.5) is 40.2 Å². The van der Waals surface area contributed by atoms with E-state index in [0.717, 1.165) is 62.2 Å². The molecule has 7 rings (SSSR count). The SMILES string of the molecule is Cc1cc(C)c(Nc2nc(Nc3c(C)cc(C)cc3C)c(C(N)=O)c(C)c2N=Nc2c(C#N)c(C(C)(C)C)nn2-c2nc3ccc(S(=O)(=O)Nc4cc(S(=O)(=O)O)ccc4S(=O)(=O)O)cc3s2)c(C)c1. The van der Waals surface area contributed by atoms with Gasteiger partial charge in [0.05, 0.1) is 37.0 Å². The van der Waals surface area contributed by atoms with Crippen molar-refractivity contribution in [3.05, 3.63) is 116 Å². The molecular formula is C46H47N11O9S4. The first kappa shape index (κ1) is 50.7. The number of amides is 1. The number of nitrogens with zero attached hydrogens (tertiary/aromatic N) is 7. The van der Waals surface area contributed by atoms with Gasteiger partial charge in [-0.15, -0.1) is 10.2 Å². The summed E-state index contributed by atoms with van der Waals surface area (Å²) in [5, 5.41) is 31.7. The van der Waals surface area contributed by atoms with Crippen molar-refractivity contribution >= 4 is 97.9 Å². The molecular weight excluding hydrogens is 979 g/mol. The van der Waals surface area contributed by atoms with Gasteiger partial charge >= 0.3 is 0 Å². The van der Waals surface area contributed by atoms with Gasteiger partial charge in [-0.2, -0.15) is 31.9 Å². The van der Waals surface area contributed by atoms with E-state index >= 15 is 0 Å². The number of hydrogen-bond acceptors (Lipinski definition) is 16. The molecule has 24 heteroatoms. The second-order valence-corrected chi connectivity index (χ2v) is 23.2. The number of thiazole rings is 1. The molecule has 0 unspecified atom stereocenters. The van der Waals surface area contributed by atoms with Crippen LogP contribution in [0.15, 0.2) is 85.6 Å². The maximum atomic E-state index is 13.7. The van der Waals surface area contributed by atoms with Gasteiger partial charge in [-0.1, -0.05) is 67.5 Å². The Morgan fingerprint density at radius 3 is 1.83 bits per heavy atom. The molecule has 1 amide bonds. The monoisotopic (exact) mass is 1030 g/mol. The van der Waals surface area contributed by atoms with Gasteiger partial charge in [-0.3, -0.25) is 18.6 Å². The standard InChI is InChI=1S/C46H47N11O9S4/c1-22-15-24(3)37(25(4)16-22)50-42-36(41(48)58)28(7)39(43(52-42)51-38-26(5)17-23(2)18-27(38)6)53-54-44-31(21-47)40(46(8,9)10)55-57(44)45-49-32-13-11-29(20-34(32)67-45)68(59,60)56-33-19-30(69(61,62)63)12-14-35(33)70(64,65)66/h11-20,56H,1-10H3,(H2,48,58)(H2,50,51,52)(H,61,62,63)(H,64,65,66). The highest BCUT2D eigenvalue weighted by atomic mass is 32.2. The number of carbonyl (C=O) groups is 1. The molecule has 0 saturated heterocycles. The zero-order valence-corrected chi connectivity index (χ0v) is 42.6. The number of fused-ring (bicyclic) bond motifs is 1. The summed E-state index contributed by atoms with van der Waals surface area (Å²) in [4.78, 5) is 20.8. The van der Waals surface area contributed by atoms with Crippen LogP contribution in [-0.4, -0.2) is 60.0 Å². The lowest BCUT2D eigenvalue weighted by Crippen LogP contribution is -2.17. The fourth-order valence-electron chi connectivity index (χ4n) is 7.98. The summed E-state index contributed by atoms with van der Waals surface area (Å²) in [6, 6.07) is 15.8. The zero-order chi connectivity index (χ0) is 51.6. The predicted molar refractivity (Wildman–Crippen MR) is 267 cm³/mol. The summed E-state index contributed by atoms with van der Waals surface area (Å²) in [6.07, 6.45) is 0. The molecule has 3 heterocycles. The van der Waals surface area contributed by atoms with Crippen molar-refractivity contribution < 1.29 is 39.2 Å². The third-order valence-corrected chi connectivity index (χ3v) is 15.2. The molecule has 0 aliphatic carbocycles. The van der Waals surface area contributed by atoms with E-state index in [1.54, 1.807) is 6.92 Å². The minimum absolute atomic E-state index is 0.0346. The van der Waals surface area contributed by atoms with Crippen molar-refractivity contribution in [3.63, 3.8) is 0 Å². The number of aryl methyl sites for hydroxylation is 6. The zero-order valence-electron chi connectivity index (χ0n) is 39.4. The molecule has 4 aromatic carbocycles. The van der Waals surface area contributed by atoms with Crippen LogP contribution in [0.25, 0.3) is 15.3 Å². The van der Waals surface area contributed by atoms with Crippen molar-refractivity contribution in [1.29, 1.82) is 5.26 Å². The van der Waals surface area contributed by atoms with Crippen molar-refractivity contribution in [1.82, 2.24) is 19.7 Å². The van der Waals surface area contributed by atoms with Crippen LogP contribution < -0.4 is 21.1 Å². The van der Waals surface area contributed by atoms with E-state index in [0.29, 0.717) is 29.5 Å². The average molecular weight is 1030 g/mol. The Hall–Kier alpha value is -7.14. The van der Waals surface area contributed by atoms with Crippen molar-refractivity contribution in [2.24, 2.45) is 16.0 Å². The Kier molecular flexibility index (Phi) is 13.3. The normalized spacial score (nSPS) is 12.4. The fourth-order valence-corrected chi connectivity index (χ4v) is 11.3. The molecule has 70 heavy (non-hydrogen) atoms. The van der Waals surface area contributed by atoms with E-state index in [2.05, 4.69) is 26.8 Å². The molecule has 3 aromatic heterocycles. The molecule has 7 aromatic rings. The van der Waals surface area contributed by atoms with E-state index < -0.39 is 62.0 Å². The molecule has 364 valence electrons. The second kappa shape index (κ2) is 18.3. The summed E-state index contributed by atoms with van der Waals surface area (Å²) < 4.78 is 98.3. The van der Waals surface area contributed by atoms with Crippen LogP contribution in [0.1, 0.15) is 81.3 Å². The Labute approximate surface area is 408 Å². The fraction of sp³-hybridized carbons (Fsp3) is 0.239. The number of pyridine rings is 1. The number of nitrogens with one attached hydrogen (secondary N) is 3. The van der Waals surface area contributed by atoms with Crippen molar-refractivity contribution in [3.8, 4) is 11.2 Å². The molecule has 0 saturated carbocycles. The van der Waals surface area contributed by atoms with Crippen LogP contribution in [0.2, 0.25) is 0 Å². The molecule has 0 atom stereocenters. The Morgan fingerprint density at radius 1 is 0.757 bits per heavy atom. The predicted octanol–water partition coefficient (Wildman–Crippen LogP) is 9.50. The smallest absolute Gasteiger partial charge is 0.296 e. The number of hydrogen-bond donors (Lipinski definition) is 6. The third kappa shape index (κ3) is 10.1. The van der Waals surface area contributed by atoms with Crippen molar-refractivity contribution in [2.45, 2.75) is 89.3 Å². The van der Waals surface area contributed by atoms with Gasteiger partial charge in [-0.05, 0) is 113 Å². The summed E-state index contributed by atoms with van der Waals surface area (Å²) in [7, 11) is -14.7. The van der Waals surface area contributed by atoms with Gasteiger partial charge in [-0.25, -0.2) is 18.4 Å². The number of azo groups is 1. The highest BCUT2D eigenvalue weighted by Gasteiger charge is 2.31. The topological polar surface area (TPSA) is 314 Å². The summed E-state index contributed by atoms with van der Waals surface area (Å²) in [5.74, 6) is -0.505. The number of anilines is 5. The summed E-state index contributed by atoms with van der Waals surface area (Å²) >= 11 is 0.947. The molecule has 20 nitrogen and oxygen atoms in total. The second-order valence-electron chi connectivity index (χ2n) is 17.7. The molecule has 0 bridgehead atoms. The van der Waals surface area contributed by atoms with Gasteiger partial charge < -0.3 is 16.4 Å². The van der Waals surface area contributed by atoms with Gasteiger partial charge in [0.1, 0.15) is 28.0 Å². The number of carbonyl (C=O) groups excluding carboxylic acids is 1. The lowest BCUT2D eigenvalue weighted by molar-refractivity contribution is 0.1000. The highest BCUT2D eigenvalue weighted by Crippen LogP contribution is 2.42. The Balaban J connectivity index is 1.39. The van der Waals surface area contributed by atoms with Crippen LogP contribution in [0.5, 0.6) is 0 Å². The lowest BCUT2D eigenvalue weighted by atomic mass is 9.90. The molecule has 0 spiro atoms.